The molecule has 0 spiro atoms. The van der Waals surface area contributed by atoms with Crippen molar-refractivity contribution >= 4 is 11.7 Å². The van der Waals surface area contributed by atoms with Gasteiger partial charge in [0.15, 0.2) is 0 Å². The number of imidazole rings is 1. The number of nitro groups is 1. The van der Waals surface area contributed by atoms with Gasteiger partial charge in [0, 0.05) is 33.0 Å². The lowest BCUT2D eigenvalue weighted by Crippen LogP contribution is -2.33. The van der Waals surface area contributed by atoms with Crippen LogP contribution in [0.4, 0.5) is 5.82 Å². The Hall–Kier alpha value is -1.96. The van der Waals surface area contributed by atoms with E-state index in [1.165, 1.54) is 6.20 Å². The third-order valence-electron chi connectivity index (χ3n) is 2.82. The summed E-state index contributed by atoms with van der Waals surface area (Å²) in [4.78, 5) is 27.2. The Kier molecular flexibility index (Phi) is 5.43. The predicted octanol–water partition coefficient (Wildman–Crippen LogP) is 0.331. The lowest BCUT2D eigenvalue weighted by molar-refractivity contribution is -0.389. The van der Waals surface area contributed by atoms with Crippen molar-refractivity contribution in [1.29, 1.82) is 0 Å². The minimum Gasteiger partial charge on any atom is -0.395 e. The van der Waals surface area contributed by atoms with Gasteiger partial charge >= 0.3 is 5.82 Å². The first-order chi connectivity index (χ1) is 8.99. The first-order valence-corrected chi connectivity index (χ1v) is 6.06. The van der Waals surface area contributed by atoms with Crippen molar-refractivity contribution < 1.29 is 14.8 Å². The Balaban J connectivity index is 2.61. The van der Waals surface area contributed by atoms with Gasteiger partial charge in [-0.1, -0.05) is 0 Å². The maximum absolute atomic E-state index is 11.8. The highest BCUT2D eigenvalue weighted by Gasteiger charge is 2.17. The highest BCUT2D eigenvalue weighted by molar-refractivity contribution is 5.76. The first-order valence-electron chi connectivity index (χ1n) is 6.06. The van der Waals surface area contributed by atoms with E-state index < -0.39 is 4.92 Å². The van der Waals surface area contributed by atoms with Crippen molar-refractivity contribution in [3.05, 3.63) is 22.1 Å². The molecule has 0 fully saturated rings. The Labute approximate surface area is 110 Å². The van der Waals surface area contributed by atoms with E-state index in [9.17, 15) is 14.9 Å². The molecular weight excluding hydrogens is 252 g/mol. The fraction of sp³-hybridized carbons (Fsp3) is 0.636. The van der Waals surface area contributed by atoms with Gasteiger partial charge in [0.2, 0.25) is 11.7 Å². The quantitative estimate of drug-likeness (QED) is 0.568. The third kappa shape index (κ3) is 4.02. The van der Waals surface area contributed by atoms with Crippen LogP contribution in [0.2, 0.25) is 0 Å². The van der Waals surface area contributed by atoms with Crippen molar-refractivity contribution in [2.24, 2.45) is 0 Å². The monoisotopic (exact) mass is 270 g/mol. The van der Waals surface area contributed by atoms with Crippen LogP contribution in [0.1, 0.15) is 19.2 Å². The summed E-state index contributed by atoms with van der Waals surface area (Å²) in [5.74, 6) is 0.199. The summed E-state index contributed by atoms with van der Waals surface area (Å²) in [5, 5.41) is 19.4. The molecule has 0 aliphatic carbocycles. The maximum atomic E-state index is 11.8. The molecule has 1 rings (SSSR count). The lowest BCUT2D eigenvalue weighted by Gasteiger charge is -2.19. The van der Waals surface area contributed by atoms with Crippen LogP contribution in [-0.2, 0) is 11.3 Å². The SMILES string of the molecule is CCN(CCO)C(=O)CCn1cc([N+](=O)[O-])nc1C. The molecule has 19 heavy (non-hydrogen) atoms. The number of nitrogens with zero attached hydrogens (tertiary/aromatic N) is 4. The zero-order valence-electron chi connectivity index (χ0n) is 11.1. The van der Waals surface area contributed by atoms with Gasteiger partial charge in [-0.05, 0) is 16.8 Å². The van der Waals surface area contributed by atoms with Crippen molar-refractivity contribution in [1.82, 2.24) is 14.5 Å². The average Bonchev–Trinajstić information content (AvgIpc) is 2.74. The topological polar surface area (TPSA) is 102 Å². The van der Waals surface area contributed by atoms with E-state index in [-0.39, 0.29) is 24.8 Å². The van der Waals surface area contributed by atoms with Crippen LogP contribution in [0, 0.1) is 17.0 Å². The zero-order chi connectivity index (χ0) is 14.4. The Bertz CT molecular complexity index is 458. The molecule has 0 saturated heterocycles. The molecule has 1 aromatic heterocycles. The first kappa shape index (κ1) is 15.1. The highest BCUT2D eigenvalue weighted by Crippen LogP contribution is 2.11. The second-order valence-corrected chi connectivity index (χ2v) is 4.04. The van der Waals surface area contributed by atoms with Crippen LogP contribution in [0.5, 0.6) is 0 Å². The summed E-state index contributed by atoms with van der Waals surface area (Å²) in [5.41, 5.74) is 0. The number of hydrogen-bond donors (Lipinski definition) is 1. The second kappa shape index (κ2) is 6.83. The minimum absolute atomic E-state index is 0.0743. The number of aromatic nitrogens is 2. The Morgan fingerprint density at radius 2 is 2.32 bits per heavy atom. The molecule has 1 amide bonds. The molecule has 0 aliphatic rings. The summed E-state index contributed by atoms with van der Waals surface area (Å²) in [6.07, 6.45) is 1.55. The van der Waals surface area contributed by atoms with Gasteiger partial charge in [0.1, 0.15) is 6.20 Å². The third-order valence-corrected chi connectivity index (χ3v) is 2.82. The van der Waals surface area contributed by atoms with E-state index in [4.69, 9.17) is 5.11 Å². The smallest absolute Gasteiger partial charge is 0.381 e. The zero-order valence-corrected chi connectivity index (χ0v) is 11.1. The van der Waals surface area contributed by atoms with Gasteiger partial charge in [-0.15, -0.1) is 0 Å². The van der Waals surface area contributed by atoms with Crippen molar-refractivity contribution in [3.8, 4) is 0 Å². The minimum atomic E-state index is -0.560. The number of aliphatic hydroxyl groups is 1. The van der Waals surface area contributed by atoms with Crippen molar-refractivity contribution in [3.63, 3.8) is 0 Å². The van der Waals surface area contributed by atoms with E-state index >= 15 is 0 Å². The molecule has 0 saturated carbocycles. The fourth-order valence-corrected chi connectivity index (χ4v) is 1.76. The van der Waals surface area contributed by atoms with E-state index in [1.807, 2.05) is 6.92 Å². The number of likely N-dealkylation sites (N-methyl/N-ethyl adjacent to an activating group) is 1. The van der Waals surface area contributed by atoms with Crippen LogP contribution < -0.4 is 0 Å². The van der Waals surface area contributed by atoms with Crippen LogP contribution >= 0.6 is 0 Å². The van der Waals surface area contributed by atoms with Gasteiger partial charge in [-0.25, -0.2) is 0 Å². The van der Waals surface area contributed by atoms with Gasteiger partial charge in [-0.2, -0.15) is 0 Å². The number of carbonyl (C=O) groups is 1. The van der Waals surface area contributed by atoms with Gasteiger partial charge in [0.05, 0.1) is 6.61 Å². The number of aryl methyl sites for hydroxylation is 2. The predicted molar refractivity (Wildman–Crippen MR) is 67.6 cm³/mol. The molecule has 0 aliphatic heterocycles. The Morgan fingerprint density at radius 1 is 1.63 bits per heavy atom. The molecule has 106 valence electrons. The summed E-state index contributed by atoms with van der Waals surface area (Å²) < 4.78 is 1.59. The van der Waals surface area contributed by atoms with Gasteiger partial charge in [0.25, 0.3) is 0 Å². The molecule has 0 atom stereocenters. The molecule has 0 aromatic carbocycles. The average molecular weight is 270 g/mol. The number of hydrogen-bond acceptors (Lipinski definition) is 5. The van der Waals surface area contributed by atoms with Crippen LogP contribution in [0.3, 0.4) is 0 Å². The number of rotatable bonds is 7. The summed E-state index contributed by atoms with van der Waals surface area (Å²) in [6.45, 7) is 4.59. The maximum Gasteiger partial charge on any atom is 0.381 e. The number of aliphatic hydroxyl groups excluding tert-OH is 1. The van der Waals surface area contributed by atoms with Crippen molar-refractivity contribution in [2.75, 3.05) is 19.7 Å². The molecule has 0 unspecified atom stereocenters. The van der Waals surface area contributed by atoms with E-state index in [2.05, 4.69) is 4.98 Å². The van der Waals surface area contributed by atoms with E-state index in [0.29, 0.717) is 25.5 Å². The Morgan fingerprint density at radius 3 is 2.79 bits per heavy atom. The molecule has 1 heterocycles. The van der Waals surface area contributed by atoms with Gasteiger partial charge < -0.3 is 24.7 Å². The van der Waals surface area contributed by atoms with E-state index in [1.54, 1.807) is 16.4 Å². The lowest BCUT2D eigenvalue weighted by atomic mass is 10.3. The van der Waals surface area contributed by atoms with E-state index in [0.717, 1.165) is 0 Å². The van der Waals surface area contributed by atoms with Crippen LogP contribution in [0.25, 0.3) is 0 Å². The highest BCUT2D eigenvalue weighted by atomic mass is 16.6. The molecule has 8 heteroatoms. The summed E-state index contributed by atoms with van der Waals surface area (Å²) in [7, 11) is 0. The normalized spacial score (nSPS) is 10.5. The summed E-state index contributed by atoms with van der Waals surface area (Å²) in [6, 6.07) is 0. The number of carbonyl (C=O) groups excluding carboxylic acids is 1. The number of amides is 1. The van der Waals surface area contributed by atoms with Crippen LogP contribution in [-0.4, -0.2) is 50.1 Å². The molecular formula is C11H18N4O4. The van der Waals surface area contributed by atoms with Crippen molar-refractivity contribution in [2.45, 2.75) is 26.8 Å². The molecule has 0 radical (unpaired) electrons. The second-order valence-electron chi connectivity index (χ2n) is 4.04. The molecule has 0 bridgehead atoms. The van der Waals surface area contributed by atoms with Crippen LogP contribution in [0.15, 0.2) is 6.20 Å². The standard InChI is InChI=1S/C11H18N4O4/c1-3-13(6-7-16)11(17)4-5-14-8-10(15(18)19)12-9(14)2/h8,16H,3-7H2,1-2H3. The largest absolute Gasteiger partial charge is 0.395 e. The summed E-state index contributed by atoms with van der Waals surface area (Å²) >= 11 is 0. The fourth-order valence-electron chi connectivity index (χ4n) is 1.76. The molecule has 8 nitrogen and oxygen atoms in total. The molecule has 1 aromatic rings. The molecule has 1 N–H and O–H groups in total. The van der Waals surface area contributed by atoms with Gasteiger partial charge in [-0.3, -0.25) is 4.79 Å².